The number of aromatic amines is 1. The fourth-order valence-electron chi connectivity index (χ4n) is 2.67. The second-order valence-electron chi connectivity index (χ2n) is 5.83. The van der Waals surface area contributed by atoms with E-state index in [2.05, 4.69) is 15.1 Å². The lowest BCUT2D eigenvalue weighted by atomic mass is 10.1. The predicted octanol–water partition coefficient (Wildman–Crippen LogP) is 3.46. The van der Waals surface area contributed by atoms with Crippen LogP contribution in [0.4, 0.5) is 5.69 Å². The largest absolute Gasteiger partial charge is 0.334 e. The summed E-state index contributed by atoms with van der Waals surface area (Å²) in [6.07, 6.45) is 0. The molecular weight excluding hydrogens is 336 g/mol. The number of nitrogens with zero attached hydrogens (tertiary/aromatic N) is 3. The number of H-pyrrole nitrogens is 1. The minimum Gasteiger partial charge on any atom is -0.334 e. The lowest BCUT2D eigenvalue weighted by Crippen LogP contribution is -2.09. The van der Waals surface area contributed by atoms with Crippen LogP contribution < -0.4 is 5.56 Å². The number of fused-ring (bicyclic) bond motifs is 1. The molecule has 0 amide bonds. The van der Waals surface area contributed by atoms with Crippen LogP contribution in [0.5, 0.6) is 0 Å². The van der Waals surface area contributed by atoms with Crippen LogP contribution in [-0.2, 0) is 0 Å². The molecule has 0 unspecified atom stereocenters. The van der Waals surface area contributed by atoms with Gasteiger partial charge in [0.05, 0.1) is 10.5 Å². The Morgan fingerprint density at radius 2 is 1.88 bits per heavy atom. The minimum atomic E-state index is -0.486. The third-order valence-corrected chi connectivity index (χ3v) is 3.99. The number of aromatic nitrogens is 3. The highest BCUT2D eigenvalue weighted by Gasteiger charge is 2.15. The molecule has 0 spiro atoms. The maximum atomic E-state index is 12.3. The first-order valence-electron chi connectivity index (χ1n) is 7.74. The highest BCUT2D eigenvalue weighted by Crippen LogP contribution is 2.24. The van der Waals surface area contributed by atoms with E-state index in [9.17, 15) is 14.9 Å². The van der Waals surface area contributed by atoms with Gasteiger partial charge in [0.25, 0.3) is 17.1 Å². The Kier molecular flexibility index (Phi) is 3.58. The molecule has 0 saturated heterocycles. The van der Waals surface area contributed by atoms with Gasteiger partial charge in [-0.15, -0.1) is 0 Å². The summed E-state index contributed by atoms with van der Waals surface area (Å²) in [6, 6.07) is 13.2. The van der Waals surface area contributed by atoms with E-state index in [0.717, 1.165) is 16.5 Å². The van der Waals surface area contributed by atoms with Crippen molar-refractivity contribution < 1.29 is 9.45 Å². The summed E-state index contributed by atoms with van der Waals surface area (Å²) in [4.78, 5) is 29.6. The second-order valence-corrected chi connectivity index (χ2v) is 5.83. The monoisotopic (exact) mass is 348 g/mol. The SMILES string of the molecule is Cc1ccc2[nH]c(=O)c(-c3noc(-c4ccc([N+](=O)[O-])cc4)n3)cc2c1. The summed E-state index contributed by atoms with van der Waals surface area (Å²) < 4.78 is 5.21. The van der Waals surface area contributed by atoms with Crippen molar-refractivity contribution in [1.82, 2.24) is 15.1 Å². The van der Waals surface area contributed by atoms with Crippen LogP contribution in [0.3, 0.4) is 0 Å². The molecular formula is C18H12N4O4. The Hall–Kier alpha value is -3.81. The quantitative estimate of drug-likeness (QED) is 0.448. The van der Waals surface area contributed by atoms with Crippen LogP contribution in [0.15, 0.2) is 57.8 Å². The first kappa shape index (κ1) is 15.7. The lowest BCUT2D eigenvalue weighted by Gasteiger charge is -2.01. The number of pyridine rings is 1. The summed E-state index contributed by atoms with van der Waals surface area (Å²) in [5.74, 6) is 0.335. The fourth-order valence-corrected chi connectivity index (χ4v) is 2.67. The molecule has 0 saturated carbocycles. The summed E-state index contributed by atoms with van der Waals surface area (Å²) in [6.45, 7) is 1.96. The number of hydrogen-bond donors (Lipinski definition) is 1. The van der Waals surface area contributed by atoms with Crippen molar-refractivity contribution in [2.24, 2.45) is 0 Å². The van der Waals surface area contributed by atoms with E-state index >= 15 is 0 Å². The summed E-state index contributed by atoms with van der Waals surface area (Å²) in [5, 5.41) is 15.5. The van der Waals surface area contributed by atoms with Gasteiger partial charge >= 0.3 is 0 Å². The summed E-state index contributed by atoms with van der Waals surface area (Å²) in [5.41, 5.74) is 2.26. The van der Waals surface area contributed by atoms with Gasteiger partial charge in [0, 0.05) is 23.2 Å². The van der Waals surface area contributed by atoms with E-state index < -0.39 is 4.92 Å². The first-order valence-corrected chi connectivity index (χ1v) is 7.74. The molecule has 4 aromatic rings. The van der Waals surface area contributed by atoms with Crippen molar-refractivity contribution in [2.75, 3.05) is 0 Å². The molecule has 8 heteroatoms. The second kappa shape index (κ2) is 5.92. The lowest BCUT2D eigenvalue weighted by molar-refractivity contribution is -0.384. The number of aryl methyl sites for hydroxylation is 1. The molecule has 4 rings (SSSR count). The zero-order chi connectivity index (χ0) is 18.3. The number of nitro benzene ring substituents is 1. The first-order chi connectivity index (χ1) is 12.5. The van der Waals surface area contributed by atoms with Crippen LogP contribution >= 0.6 is 0 Å². The Bertz CT molecular complexity index is 1190. The maximum Gasteiger partial charge on any atom is 0.269 e. The zero-order valence-electron chi connectivity index (χ0n) is 13.6. The molecule has 8 nitrogen and oxygen atoms in total. The van der Waals surface area contributed by atoms with Crippen molar-refractivity contribution in [2.45, 2.75) is 6.92 Å². The normalized spacial score (nSPS) is 11.0. The smallest absolute Gasteiger partial charge is 0.269 e. The number of hydrogen-bond acceptors (Lipinski definition) is 6. The topological polar surface area (TPSA) is 115 Å². The van der Waals surface area contributed by atoms with E-state index in [1.165, 1.54) is 24.3 Å². The molecule has 2 aromatic carbocycles. The molecule has 0 aliphatic carbocycles. The van der Waals surface area contributed by atoms with E-state index in [1.807, 2.05) is 25.1 Å². The Morgan fingerprint density at radius 1 is 1.12 bits per heavy atom. The van der Waals surface area contributed by atoms with Gasteiger partial charge in [-0.05, 0) is 42.6 Å². The number of rotatable bonds is 3. The van der Waals surface area contributed by atoms with Gasteiger partial charge in [0.2, 0.25) is 5.82 Å². The minimum absolute atomic E-state index is 0.0326. The molecule has 2 heterocycles. The van der Waals surface area contributed by atoms with Crippen LogP contribution in [-0.4, -0.2) is 20.0 Å². The molecule has 0 atom stereocenters. The Morgan fingerprint density at radius 3 is 2.62 bits per heavy atom. The van der Waals surface area contributed by atoms with Crippen LogP contribution in [0.25, 0.3) is 33.7 Å². The molecule has 0 radical (unpaired) electrons. The molecule has 0 aliphatic rings. The highest BCUT2D eigenvalue weighted by atomic mass is 16.6. The van der Waals surface area contributed by atoms with Gasteiger partial charge < -0.3 is 9.51 Å². The number of nitrogens with one attached hydrogen (secondary N) is 1. The molecule has 2 aromatic heterocycles. The fraction of sp³-hybridized carbons (Fsp3) is 0.0556. The van der Waals surface area contributed by atoms with E-state index in [-0.39, 0.29) is 23.0 Å². The maximum absolute atomic E-state index is 12.3. The third kappa shape index (κ3) is 2.73. The molecule has 1 N–H and O–H groups in total. The van der Waals surface area contributed by atoms with E-state index in [1.54, 1.807) is 6.07 Å². The molecule has 0 bridgehead atoms. The van der Waals surface area contributed by atoms with Gasteiger partial charge in [-0.3, -0.25) is 14.9 Å². The average Bonchev–Trinajstić information content (AvgIpc) is 3.11. The number of non-ortho nitro benzene ring substituents is 1. The standard InChI is InChI=1S/C18H12N4O4/c1-10-2-7-15-12(8-10)9-14(17(23)19-15)16-20-18(26-21-16)11-3-5-13(6-4-11)22(24)25/h2-9H,1H3,(H,19,23). The molecule has 0 fully saturated rings. The molecule has 128 valence electrons. The highest BCUT2D eigenvalue weighted by molar-refractivity contribution is 5.83. The summed E-state index contributed by atoms with van der Waals surface area (Å²) in [7, 11) is 0. The third-order valence-electron chi connectivity index (χ3n) is 3.99. The van der Waals surface area contributed by atoms with Crippen molar-refractivity contribution >= 4 is 16.6 Å². The van der Waals surface area contributed by atoms with Gasteiger partial charge in [-0.1, -0.05) is 16.8 Å². The van der Waals surface area contributed by atoms with Gasteiger partial charge in [0.15, 0.2) is 0 Å². The van der Waals surface area contributed by atoms with Gasteiger partial charge in [0.1, 0.15) is 0 Å². The number of nitro groups is 1. The van der Waals surface area contributed by atoms with Crippen molar-refractivity contribution in [1.29, 1.82) is 0 Å². The Balaban J connectivity index is 1.76. The van der Waals surface area contributed by atoms with E-state index in [4.69, 9.17) is 4.52 Å². The Labute approximate surface area is 146 Å². The van der Waals surface area contributed by atoms with Crippen LogP contribution in [0.2, 0.25) is 0 Å². The summed E-state index contributed by atoms with van der Waals surface area (Å²) >= 11 is 0. The van der Waals surface area contributed by atoms with Crippen LogP contribution in [0.1, 0.15) is 5.56 Å². The average molecular weight is 348 g/mol. The zero-order valence-corrected chi connectivity index (χ0v) is 13.6. The predicted molar refractivity (Wildman–Crippen MR) is 94.7 cm³/mol. The van der Waals surface area contributed by atoms with Gasteiger partial charge in [-0.25, -0.2) is 0 Å². The molecule has 26 heavy (non-hydrogen) atoms. The van der Waals surface area contributed by atoms with Crippen molar-refractivity contribution in [3.05, 3.63) is 74.6 Å². The van der Waals surface area contributed by atoms with Crippen molar-refractivity contribution in [3.8, 4) is 22.8 Å². The number of benzene rings is 2. The van der Waals surface area contributed by atoms with Crippen molar-refractivity contribution in [3.63, 3.8) is 0 Å². The van der Waals surface area contributed by atoms with Gasteiger partial charge in [-0.2, -0.15) is 4.98 Å². The van der Waals surface area contributed by atoms with Crippen LogP contribution in [0, 0.1) is 17.0 Å². The molecule has 0 aliphatic heterocycles. The van der Waals surface area contributed by atoms with E-state index in [0.29, 0.717) is 11.1 Å².